The summed E-state index contributed by atoms with van der Waals surface area (Å²) in [6.07, 6.45) is 0. The Morgan fingerprint density at radius 3 is 2.52 bits per heavy atom. The Hall–Kier alpha value is -2.60. The van der Waals surface area contributed by atoms with E-state index in [4.69, 9.17) is 11.6 Å². The van der Waals surface area contributed by atoms with Crippen molar-refractivity contribution in [2.45, 2.75) is 6.54 Å². The number of hydrogen-bond donors (Lipinski definition) is 3. The minimum absolute atomic E-state index is 0.134. The van der Waals surface area contributed by atoms with Crippen LogP contribution in [0.5, 0.6) is 0 Å². The fourth-order valence-corrected chi connectivity index (χ4v) is 1.96. The molecule has 0 radical (unpaired) electrons. The molecular formula is C16H15ClFN3O2. The maximum Gasteiger partial charge on any atom is 0.321 e. The molecule has 23 heavy (non-hydrogen) atoms. The Morgan fingerprint density at radius 1 is 1.09 bits per heavy atom. The molecule has 0 atom stereocenters. The van der Waals surface area contributed by atoms with Crippen molar-refractivity contribution in [1.82, 2.24) is 10.6 Å². The second-order valence-electron chi connectivity index (χ2n) is 4.69. The average Bonchev–Trinajstić information content (AvgIpc) is 2.53. The molecule has 0 aliphatic rings. The number of carbonyl (C=O) groups is 2. The molecule has 0 aromatic heterocycles. The lowest BCUT2D eigenvalue weighted by molar-refractivity contribution is -0.118. The van der Waals surface area contributed by atoms with Crippen LogP contribution in [0.1, 0.15) is 5.56 Å². The first-order chi connectivity index (χ1) is 11.0. The number of amides is 3. The zero-order chi connectivity index (χ0) is 16.7. The molecule has 0 aliphatic heterocycles. The summed E-state index contributed by atoms with van der Waals surface area (Å²) in [5.74, 6) is -1.15. The lowest BCUT2D eigenvalue weighted by Gasteiger charge is -2.09. The highest BCUT2D eigenvalue weighted by Crippen LogP contribution is 2.18. The summed E-state index contributed by atoms with van der Waals surface area (Å²) in [7, 11) is 0. The second-order valence-corrected chi connectivity index (χ2v) is 5.13. The number of rotatable bonds is 5. The smallest absolute Gasteiger partial charge is 0.321 e. The van der Waals surface area contributed by atoms with Gasteiger partial charge in [0.25, 0.3) is 0 Å². The molecule has 0 saturated carbocycles. The van der Waals surface area contributed by atoms with Crippen molar-refractivity contribution in [3.8, 4) is 0 Å². The number of halogens is 2. The van der Waals surface area contributed by atoms with Gasteiger partial charge in [-0.2, -0.15) is 0 Å². The highest BCUT2D eigenvalue weighted by Gasteiger charge is 2.09. The van der Waals surface area contributed by atoms with Crippen LogP contribution in [0.3, 0.4) is 0 Å². The van der Waals surface area contributed by atoms with Gasteiger partial charge in [0.15, 0.2) is 0 Å². The fraction of sp³-hybridized carbons (Fsp3) is 0.125. The van der Waals surface area contributed by atoms with Crippen molar-refractivity contribution in [3.63, 3.8) is 0 Å². The molecule has 0 bridgehead atoms. The number of nitrogens with one attached hydrogen (secondary N) is 3. The summed E-state index contributed by atoms with van der Waals surface area (Å²) in [4.78, 5) is 23.2. The molecule has 7 heteroatoms. The molecule has 3 N–H and O–H groups in total. The van der Waals surface area contributed by atoms with Crippen LogP contribution >= 0.6 is 11.6 Å². The first-order valence-corrected chi connectivity index (χ1v) is 7.23. The van der Waals surface area contributed by atoms with Crippen molar-refractivity contribution in [3.05, 3.63) is 64.9 Å². The van der Waals surface area contributed by atoms with Crippen LogP contribution in [-0.2, 0) is 11.3 Å². The molecule has 0 spiro atoms. The monoisotopic (exact) mass is 335 g/mol. The average molecular weight is 336 g/mol. The van der Waals surface area contributed by atoms with Crippen LogP contribution in [-0.4, -0.2) is 18.5 Å². The lowest BCUT2D eigenvalue weighted by Crippen LogP contribution is -2.41. The van der Waals surface area contributed by atoms with Gasteiger partial charge in [-0.25, -0.2) is 9.18 Å². The van der Waals surface area contributed by atoms with Crippen LogP contribution < -0.4 is 16.0 Å². The van der Waals surface area contributed by atoms with Crippen molar-refractivity contribution < 1.29 is 14.0 Å². The summed E-state index contributed by atoms with van der Waals surface area (Å²) in [5, 5.41) is 7.56. The van der Waals surface area contributed by atoms with E-state index < -0.39 is 17.8 Å². The maximum absolute atomic E-state index is 13.5. The molecule has 2 rings (SSSR count). The topological polar surface area (TPSA) is 70.2 Å². The largest absolute Gasteiger partial charge is 0.374 e. The molecule has 120 valence electrons. The van der Waals surface area contributed by atoms with Crippen molar-refractivity contribution in [2.75, 3.05) is 11.9 Å². The number of imide groups is 1. The molecule has 0 aliphatic carbocycles. The fourth-order valence-electron chi connectivity index (χ4n) is 1.80. The molecule has 0 unspecified atom stereocenters. The van der Waals surface area contributed by atoms with Gasteiger partial charge >= 0.3 is 6.03 Å². The normalized spacial score (nSPS) is 10.0. The molecule has 0 fully saturated rings. The second kappa shape index (κ2) is 8.14. The molecule has 0 saturated heterocycles. The maximum atomic E-state index is 13.5. The Kier molecular flexibility index (Phi) is 5.94. The van der Waals surface area contributed by atoms with E-state index >= 15 is 0 Å². The van der Waals surface area contributed by atoms with E-state index in [1.54, 1.807) is 0 Å². The third-order valence-electron chi connectivity index (χ3n) is 2.92. The Bertz CT molecular complexity index is 695. The van der Waals surface area contributed by atoms with Crippen molar-refractivity contribution >= 4 is 29.2 Å². The van der Waals surface area contributed by atoms with Gasteiger partial charge in [-0.05, 0) is 23.8 Å². The van der Waals surface area contributed by atoms with Gasteiger partial charge in [0, 0.05) is 11.6 Å². The third-order valence-corrected chi connectivity index (χ3v) is 3.15. The Balaban J connectivity index is 1.74. The van der Waals surface area contributed by atoms with Gasteiger partial charge in [-0.15, -0.1) is 0 Å². The third kappa shape index (κ3) is 5.60. The zero-order valence-electron chi connectivity index (χ0n) is 12.1. The van der Waals surface area contributed by atoms with Crippen LogP contribution in [0.15, 0.2) is 48.5 Å². The van der Waals surface area contributed by atoms with Gasteiger partial charge in [-0.3, -0.25) is 10.1 Å². The predicted octanol–water partition coefficient (Wildman–Crippen LogP) is 2.92. The van der Waals surface area contributed by atoms with E-state index in [9.17, 15) is 14.0 Å². The van der Waals surface area contributed by atoms with Crippen LogP contribution in [0.2, 0.25) is 5.02 Å². The highest BCUT2D eigenvalue weighted by molar-refractivity contribution is 6.30. The Labute approximate surface area is 137 Å². The molecule has 2 aromatic rings. The van der Waals surface area contributed by atoms with E-state index in [0.29, 0.717) is 6.54 Å². The van der Waals surface area contributed by atoms with Crippen LogP contribution in [0.25, 0.3) is 0 Å². The van der Waals surface area contributed by atoms with E-state index in [0.717, 1.165) is 11.6 Å². The van der Waals surface area contributed by atoms with Gasteiger partial charge < -0.3 is 10.6 Å². The molecule has 0 heterocycles. The quantitative estimate of drug-likeness (QED) is 0.787. The highest BCUT2D eigenvalue weighted by atomic mass is 35.5. The van der Waals surface area contributed by atoms with Gasteiger partial charge in [0.05, 0.1) is 12.2 Å². The van der Waals surface area contributed by atoms with E-state index in [-0.39, 0.29) is 17.3 Å². The van der Waals surface area contributed by atoms with Crippen LogP contribution in [0, 0.1) is 5.82 Å². The number of carbonyl (C=O) groups excluding carboxylic acids is 2. The summed E-state index contributed by atoms with van der Waals surface area (Å²) in [5.41, 5.74) is 1.05. The minimum atomic E-state index is -0.614. The molecular weight excluding hydrogens is 321 g/mol. The molecule has 5 nitrogen and oxygen atoms in total. The first-order valence-electron chi connectivity index (χ1n) is 6.85. The summed E-state index contributed by atoms with van der Waals surface area (Å²) in [6, 6.07) is 12.7. The number of anilines is 1. The lowest BCUT2D eigenvalue weighted by atomic mass is 10.2. The number of urea groups is 1. The van der Waals surface area contributed by atoms with Gasteiger partial charge in [0.1, 0.15) is 5.82 Å². The van der Waals surface area contributed by atoms with E-state index in [1.807, 2.05) is 30.3 Å². The molecule has 3 amide bonds. The van der Waals surface area contributed by atoms with Crippen LogP contribution in [0.4, 0.5) is 14.9 Å². The summed E-state index contributed by atoms with van der Waals surface area (Å²) >= 11 is 5.63. The molecule has 2 aromatic carbocycles. The number of hydrogen-bond acceptors (Lipinski definition) is 3. The number of benzene rings is 2. The predicted molar refractivity (Wildman–Crippen MR) is 86.7 cm³/mol. The van der Waals surface area contributed by atoms with Crippen molar-refractivity contribution in [1.29, 1.82) is 0 Å². The van der Waals surface area contributed by atoms with E-state index in [2.05, 4.69) is 16.0 Å². The SMILES string of the molecule is O=C(CNc1ccc(Cl)cc1F)NC(=O)NCc1ccccc1. The zero-order valence-corrected chi connectivity index (χ0v) is 12.9. The standard InChI is InChI=1S/C16H15ClFN3O2/c17-12-6-7-14(13(18)8-12)19-10-15(22)21-16(23)20-9-11-4-2-1-3-5-11/h1-8,19H,9-10H2,(H2,20,21,22,23). The summed E-state index contributed by atoms with van der Waals surface area (Å²) < 4.78 is 13.5. The summed E-state index contributed by atoms with van der Waals surface area (Å²) in [6.45, 7) is 0.0660. The van der Waals surface area contributed by atoms with Gasteiger partial charge in [-0.1, -0.05) is 41.9 Å². The minimum Gasteiger partial charge on any atom is -0.374 e. The van der Waals surface area contributed by atoms with Gasteiger partial charge in [0.2, 0.25) is 5.91 Å². The van der Waals surface area contributed by atoms with E-state index in [1.165, 1.54) is 12.1 Å². The first kappa shape index (κ1) is 16.8. The van der Waals surface area contributed by atoms with Crippen molar-refractivity contribution in [2.24, 2.45) is 0 Å². The Morgan fingerprint density at radius 2 is 1.83 bits per heavy atom.